The van der Waals surface area contributed by atoms with Crippen LogP contribution < -0.4 is 10.6 Å². The predicted molar refractivity (Wildman–Crippen MR) is 109 cm³/mol. The van der Waals surface area contributed by atoms with Crippen molar-refractivity contribution in [1.82, 2.24) is 0 Å². The van der Waals surface area contributed by atoms with Crippen molar-refractivity contribution in [2.24, 2.45) is 0 Å². The third-order valence-electron chi connectivity index (χ3n) is 4.09. The van der Waals surface area contributed by atoms with Gasteiger partial charge in [-0.3, -0.25) is 9.59 Å². The Morgan fingerprint density at radius 3 is 1.76 bits per heavy atom. The third kappa shape index (κ3) is 5.13. The molecule has 0 heterocycles. The van der Waals surface area contributed by atoms with Crippen molar-refractivity contribution in [3.8, 4) is 0 Å². The number of hydrogen-bond acceptors (Lipinski definition) is 2. The van der Waals surface area contributed by atoms with E-state index in [-0.39, 0.29) is 16.9 Å². The molecule has 3 rings (SSSR count). The summed E-state index contributed by atoms with van der Waals surface area (Å²) in [7, 11) is 0. The fraction of sp³-hybridized carbons (Fsp3) is 0.0435. The van der Waals surface area contributed by atoms with Crippen molar-refractivity contribution in [1.29, 1.82) is 0 Å². The molecule has 0 saturated carbocycles. The van der Waals surface area contributed by atoms with Gasteiger partial charge in [0, 0.05) is 0 Å². The molecule has 0 atom stereocenters. The van der Waals surface area contributed by atoms with E-state index in [0.29, 0.717) is 5.56 Å². The Morgan fingerprint density at radius 2 is 1.28 bits per heavy atom. The largest absolute Gasteiger partial charge is 0.319 e. The average molecular weight is 392 g/mol. The van der Waals surface area contributed by atoms with Crippen LogP contribution in [0.15, 0.2) is 78.4 Å². The molecule has 3 aromatic rings. The summed E-state index contributed by atoms with van der Waals surface area (Å²) in [6.45, 7) is 1.87. The Balaban J connectivity index is 1.95. The van der Waals surface area contributed by atoms with Gasteiger partial charge in [-0.2, -0.15) is 0 Å². The molecular formula is C23H18F2N2O2. The normalized spacial score (nSPS) is 10.2. The Bertz CT molecular complexity index is 1030. The quantitative estimate of drug-likeness (QED) is 0.367. The van der Waals surface area contributed by atoms with Crippen LogP contribution in [0.3, 0.4) is 0 Å². The number of hydrogen-bond donors (Lipinski definition) is 2. The Labute approximate surface area is 166 Å². The van der Waals surface area contributed by atoms with Crippen LogP contribution in [0.1, 0.15) is 11.1 Å². The van der Waals surface area contributed by atoms with Crippen molar-refractivity contribution < 1.29 is 18.4 Å². The number of aryl methyl sites for hydroxylation is 1. The van der Waals surface area contributed by atoms with Crippen molar-refractivity contribution in [3.63, 3.8) is 0 Å². The molecule has 29 heavy (non-hydrogen) atoms. The molecule has 0 saturated heterocycles. The summed E-state index contributed by atoms with van der Waals surface area (Å²) in [6.07, 6.45) is 1.37. The van der Waals surface area contributed by atoms with E-state index >= 15 is 0 Å². The Hall–Kier alpha value is -3.80. The molecule has 4 nitrogen and oxygen atoms in total. The van der Waals surface area contributed by atoms with Crippen molar-refractivity contribution in [2.45, 2.75) is 6.92 Å². The van der Waals surface area contributed by atoms with Crippen LogP contribution in [0.4, 0.5) is 20.2 Å². The second-order valence-electron chi connectivity index (χ2n) is 6.34. The zero-order valence-corrected chi connectivity index (χ0v) is 15.6. The number of para-hydroxylation sites is 2. The van der Waals surface area contributed by atoms with Crippen LogP contribution in [0, 0.1) is 18.6 Å². The van der Waals surface area contributed by atoms with Crippen molar-refractivity contribution in [2.75, 3.05) is 10.6 Å². The molecule has 3 aromatic carbocycles. The first-order valence-electron chi connectivity index (χ1n) is 8.84. The van der Waals surface area contributed by atoms with Crippen LogP contribution in [0.5, 0.6) is 0 Å². The lowest BCUT2D eigenvalue weighted by Crippen LogP contribution is -2.26. The average Bonchev–Trinajstić information content (AvgIpc) is 2.69. The summed E-state index contributed by atoms with van der Waals surface area (Å²) in [6, 6.07) is 18.4. The molecular weight excluding hydrogens is 374 g/mol. The Kier molecular flexibility index (Phi) is 6.14. The second kappa shape index (κ2) is 8.93. The first kappa shape index (κ1) is 19.9. The Morgan fingerprint density at radius 1 is 0.759 bits per heavy atom. The molecule has 0 aliphatic heterocycles. The summed E-state index contributed by atoms with van der Waals surface area (Å²) in [4.78, 5) is 25.5. The van der Waals surface area contributed by atoms with Crippen molar-refractivity contribution >= 4 is 29.3 Å². The second-order valence-corrected chi connectivity index (χ2v) is 6.34. The van der Waals surface area contributed by atoms with Gasteiger partial charge in [-0.15, -0.1) is 0 Å². The van der Waals surface area contributed by atoms with Gasteiger partial charge in [0.2, 0.25) is 0 Å². The fourth-order valence-corrected chi connectivity index (χ4v) is 2.67. The summed E-state index contributed by atoms with van der Waals surface area (Å²) >= 11 is 0. The minimum absolute atomic E-state index is 0.0636. The molecule has 146 valence electrons. The molecule has 0 bridgehead atoms. The summed E-state index contributed by atoms with van der Waals surface area (Å²) in [5, 5.41) is 4.78. The molecule has 0 aliphatic carbocycles. The molecule has 0 radical (unpaired) electrons. The highest BCUT2D eigenvalue weighted by Gasteiger charge is 2.21. The van der Waals surface area contributed by atoms with Gasteiger partial charge in [0.25, 0.3) is 11.8 Å². The lowest BCUT2D eigenvalue weighted by molar-refractivity contribution is -0.118. The molecule has 6 heteroatoms. The van der Waals surface area contributed by atoms with E-state index in [1.54, 1.807) is 30.3 Å². The van der Waals surface area contributed by atoms with Gasteiger partial charge in [-0.1, -0.05) is 54.1 Å². The van der Waals surface area contributed by atoms with Gasteiger partial charge in [0.05, 0.1) is 11.4 Å². The molecule has 0 fully saturated rings. The van der Waals surface area contributed by atoms with Crippen molar-refractivity contribution in [3.05, 3.63) is 101 Å². The van der Waals surface area contributed by atoms with Crippen LogP contribution in [0.2, 0.25) is 0 Å². The number of benzene rings is 3. The summed E-state index contributed by atoms with van der Waals surface area (Å²) in [5.74, 6) is -2.90. The number of carbonyl (C=O) groups excluding carboxylic acids is 2. The zero-order valence-electron chi connectivity index (χ0n) is 15.6. The van der Waals surface area contributed by atoms with E-state index in [2.05, 4.69) is 10.6 Å². The summed E-state index contributed by atoms with van der Waals surface area (Å²) in [5.41, 5.74) is 1.12. The minimum atomic E-state index is -0.814. The standard InChI is InChI=1S/C23H18F2N2O2/c1-15-7-6-8-16(13-15)14-17(22(28)26-20-11-4-2-9-18(20)24)23(29)27-21-12-5-3-10-19(21)25/h2-14H,1H3,(H,26,28)(H,27,29). The van der Waals surface area contributed by atoms with E-state index in [4.69, 9.17) is 0 Å². The third-order valence-corrected chi connectivity index (χ3v) is 4.09. The van der Waals surface area contributed by atoms with Gasteiger partial charge in [0.15, 0.2) is 0 Å². The van der Waals surface area contributed by atoms with Crippen LogP contribution in [0.25, 0.3) is 6.08 Å². The first-order valence-corrected chi connectivity index (χ1v) is 8.84. The lowest BCUT2D eigenvalue weighted by atomic mass is 10.1. The molecule has 2 N–H and O–H groups in total. The number of nitrogens with one attached hydrogen (secondary N) is 2. The van der Waals surface area contributed by atoms with E-state index in [0.717, 1.165) is 5.56 Å². The number of amides is 2. The summed E-state index contributed by atoms with van der Waals surface area (Å²) < 4.78 is 27.8. The number of anilines is 2. The first-order chi connectivity index (χ1) is 13.9. The van der Waals surface area contributed by atoms with Crippen LogP contribution in [-0.4, -0.2) is 11.8 Å². The maximum Gasteiger partial charge on any atom is 0.261 e. The maximum atomic E-state index is 13.9. The van der Waals surface area contributed by atoms with Gasteiger partial charge < -0.3 is 10.6 Å². The SMILES string of the molecule is Cc1cccc(C=C(C(=O)Nc2ccccc2F)C(=O)Nc2ccccc2F)c1. The molecule has 0 aromatic heterocycles. The highest BCUT2D eigenvalue weighted by Crippen LogP contribution is 2.18. The highest BCUT2D eigenvalue weighted by atomic mass is 19.1. The topological polar surface area (TPSA) is 58.2 Å². The molecule has 2 amide bonds. The fourth-order valence-electron chi connectivity index (χ4n) is 2.67. The monoisotopic (exact) mass is 392 g/mol. The minimum Gasteiger partial charge on any atom is -0.319 e. The molecule has 0 aliphatic rings. The predicted octanol–water partition coefficient (Wildman–Crippen LogP) is 4.93. The highest BCUT2D eigenvalue weighted by molar-refractivity contribution is 6.28. The van der Waals surface area contributed by atoms with E-state index in [1.807, 2.05) is 13.0 Å². The molecule has 0 unspecified atom stereocenters. The van der Waals surface area contributed by atoms with Crippen LogP contribution in [-0.2, 0) is 9.59 Å². The van der Waals surface area contributed by atoms with Gasteiger partial charge in [-0.05, 0) is 42.8 Å². The lowest BCUT2D eigenvalue weighted by Gasteiger charge is -2.11. The zero-order chi connectivity index (χ0) is 20.8. The van der Waals surface area contributed by atoms with Crippen LogP contribution >= 0.6 is 0 Å². The van der Waals surface area contributed by atoms with E-state index in [1.165, 1.54) is 42.5 Å². The van der Waals surface area contributed by atoms with Gasteiger partial charge >= 0.3 is 0 Å². The van der Waals surface area contributed by atoms with Gasteiger partial charge in [-0.25, -0.2) is 8.78 Å². The maximum absolute atomic E-state index is 13.9. The number of rotatable bonds is 5. The van der Waals surface area contributed by atoms with E-state index < -0.39 is 23.4 Å². The number of halogens is 2. The number of carbonyl (C=O) groups is 2. The van der Waals surface area contributed by atoms with E-state index in [9.17, 15) is 18.4 Å². The molecule has 0 spiro atoms. The van der Waals surface area contributed by atoms with Gasteiger partial charge in [0.1, 0.15) is 17.2 Å². The smallest absolute Gasteiger partial charge is 0.261 e.